The third kappa shape index (κ3) is 21.4. The average Bonchev–Trinajstić information content (AvgIpc) is 2.44. The first-order valence-corrected chi connectivity index (χ1v) is 13.1. The highest BCUT2D eigenvalue weighted by atomic mass is 127. The first kappa shape index (κ1) is 23.4. The van der Waals surface area contributed by atoms with E-state index in [1.807, 2.05) is 12.1 Å². The maximum absolute atomic E-state index is 8.62. The van der Waals surface area contributed by atoms with Crippen LogP contribution in [0.1, 0.15) is 0 Å². The molecule has 0 aliphatic rings. The minimum Gasteiger partial charge on any atom is -0.286 e. The summed E-state index contributed by atoms with van der Waals surface area (Å²) in [5.41, 5.74) is 0. The van der Waals surface area contributed by atoms with Crippen LogP contribution < -0.4 is 76.8 Å². The van der Waals surface area contributed by atoms with Crippen molar-refractivity contribution >= 4 is 0 Å². The van der Waals surface area contributed by atoms with Crippen LogP contribution in [0, 0.1) is 0 Å². The molecule has 2 heterocycles. The van der Waals surface area contributed by atoms with Gasteiger partial charge in [-0.3, -0.25) is 27.5 Å². The van der Waals surface area contributed by atoms with E-state index in [2.05, 4.69) is 58.2 Å². The van der Waals surface area contributed by atoms with Crippen molar-refractivity contribution in [3.05, 3.63) is 61.2 Å². The summed E-state index contributed by atoms with van der Waals surface area (Å²) >= 11 is -11.9. The van der Waals surface area contributed by atoms with Gasteiger partial charge in [0.1, 0.15) is 40.2 Å². The molecule has 0 saturated heterocycles. The Kier molecular flexibility index (Phi) is 11.6. The number of aryl methyl sites for hydroxylation is 2. The Morgan fingerprint density at radius 1 is 0.458 bits per heavy atom. The maximum Gasteiger partial charge on any atom is 0.206 e. The highest BCUT2D eigenvalue weighted by molar-refractivity contribution is 4.84. The first-order chi connectivity index (χ1) is 10.9. The first-order valence-electron chi connectivity index (χ1n) is 6.07. The van der Waals surface area contributed by atoms with Gasteiger partial charge < -0.3 is 0 Å². The van der Waals surface area contributed by atoms with Gasteiger partial charge >= 0.3 is 0 Å². The van der Waals surface area contributed by atoms with Crippen molar-refractivity contribution in [2.45, 2.75) is 13.1 Å². The number of rotatable bonds is 3. The molecule has 24 heavy (non-hydrogen) atoms. The van der Waals surface area contributed by atoms with E-state index in [-0.39, 0.29) is 0 Å². The number of nitrogens with zero attached hydrogens (tertiary/aromatic N) is 2. The molecule has 2 aromatic heterocycles. The summed E-state index contributed by atoms with van der Waals surface area (Å²) in [5.74, 6) is 0. The third-order valence-electron chi connectivity index (χ3n) is 2.17. The monoisotopic (exact) mass is 568 g/mol. The van der Waals surface area contributed by atoms with Crippen molar-refractivity contribution in [1.29, 1.82) is 0 Å². The van der Waals surface area contributed by atoms with Gasteiger partial charge in [-0.15, -0.1) is 0 Å². The van der Waals surface area contributed by atoms with Crippen molar-refractivity contribution < 1.29 is 76.8 Å². The summed E-state index contributed by atoms with van der Waals surface area (Å²) in [6, 6.07) is 12.3. The van der Waals surface area contributed by atoms with Crippen molar-refractivity contribution in [1.82, 2.24) is 0 Å². The molecule has 0 aromatic carbocycles. The van der Waals surface area contributed by atoms with Crippen LogP contribution >= 0.6 is 0 Å². The second-order valence-electron chi connectivity index (χ2n) is 3.98. The van der Waals surface area contributed by atoms with Gasteiger partial charge in [0.15, 0.2) is 24.8 Å². The molecule has 12 heteroatoms. The molecule has 0 aliphatic carbocycles. The Morgan fingerprint density at radius 2 is 0.667 bits per heavy atom. The Morgan fingerprint density at radius 3 is 0.875 bits per heavy atom. The van der Waals surface area contributed by atoms with Crippen LogP contribution in [-0.2, 0) is 13.1 Å². The number of halogens is 2. The molecule has 134 valence electrons. The standard InChI is InChI=1S/C12H14N2.2IO4/c1-3-7-13(8-4-1)11-12-14-9-5-2-6-10-14;2*2-1(3,4)5/h1-10H,11-12H2;;/q+2;2*-1. The Bertz CT molecular complexity index is 485. The van der Waals surface area contributed by atoms with E-state index in [1.54, 1.807) is 0 Å². The van der Waals surface area contributed by atoms with Crippen LogP contribution in [0.5, 0.6) is 0 Å². The fraction of sp³-hybridized carbons (Fsp3) is 0.167. The van der Waals surface area contributed by atoms with E-state index in [1.165, 1.54) is 0 Å². The molecule has 0 unspecified atom stereocenters. The highest BCUT2D eigenvalue weighted by Crippen LogP contribution is 1.79. The van der Waals surface area contributed by atoms with E-state index in [4.69, 9.17) is 27.5 Å². The van der Waals surface area contributed by atoms with E-state index < -0.39 is 40.2 Å². The second kappa shape index (κ2) is 11.9. The van der Waals surface area contributed by atoms with Gasteiger partial charge in [-0.2, -0.15) is 9.13 Å². The minimum atomic E-state index is -5.94. The topological polar surface area (TPSA) is 192 Å². The summed E-state index contributed by atoms with van der Waals surface area (Å²) < 4.78 is 73.3. The Hall–Kier alpha value is -0.560. The number of hydrogen-bond acceptors (Lipinski definition) is 8. The molecular formula is C12H14I2N2O8. The van der Waals surface area contributed by atoms with Gasteiger partial charge in [0.2, 0.25) is 13.1 Å². The van der Waals surface area contributed by atoms with Crippen LogP contribution in [0.3, 0.4) is 0 Å². The molecule has 0 spiro atoms. The molecule has 0 fully saturated rings. The Labute approximate surface area is 150 Å². The molecule has 0 amide bonds. The molecule has 0 atom stereocenters. The molecule has 0 saturated carbocycles. The predicted octanol–water partition coefficient (Wildman–Crippen LogP) is -14.5. The van der Waals surface area contributed by atoms with Crippen molar-refractivity contribution in [2.24, 2.45) is 0 Å². The van der Waals surface area contributed by atoms with Gasteiger partial charge in [0, 0.05) is 24.3 Å². The van der Waals surface area contributed by atoms with E-state index in [9.17, 15) is 0 Å². The molecular weight excluding hydrogens is 554 g/mol. The van der Waals surface area contributed by atoms with Gasteiger partial charge in [-0.1, -0.05) is 12.1 Å². The smallest absolute Gasteiger partial charge is 0.206 e. The molecule has 10 nitrogen and oxygen atoms in total. The van der Waals surface area contributed by atoms with E-state index in [0.29, 0.717) is 0 Å². The molecule has 0 N–H and O–H groups in total. The molecule has 2 aromatic rings. The van der Waals surface area contributed by atoms with Crippen molar-refractivity contribution in [2.75, 3.05) is 0 Å². The highest BCUT2D eigenvalue weighted by Gasteiger charge is 2.03. The summed E-state index contributed by atoms with van der Waals surface area (Å²) in [4.78, 5) is 0. The van der Waals surface area contributed by atoms with Crippen molar-refractivity contribution in [3.63, 3.8) is 0 Å². The van der Waals surface area contributed by atoms with Gasteiger partial charge in [0.05, 0.1) is 0 Å². The fourth-order valence-corrected chi connectivity index (χ4v) is 1.40. The molecule has 2 rings (SSSR count). The van der Waals surface area contributed by atoms with Crippen molar-refractivity contribution in [3.8, 4) is 0 Å². The van der Waals surface area contributed by atoms with Crippen LogP contribution in [0.4, 0.5) is 0 Å². The Balaban J connectivity index is 0.000000442. The van der Waals surface area contributed by atoms with Crippen LogP contribution in [0.25, 0.3) is 0 Å². The zero-order chi connectivity index (χ0) is 18.6. The molecule has 0 bridgehead atoms. The lowest BCUT2D eigenvalue weighted by atomic mass is 10.4. The van der Waals surface area contributed by atoms with Crippen LogP contribution in [0.2, 0.25) is 0 Å². The van der Waals surface area contributed by atoms with Gasteiger partial charge in [-0.05, 0) is 0 Å². The zero-order valence-electron chi connectivity index (χ0n) is 12.1. The van der Waals surface area contributed by atoms with Crippen LogP contribution in [0.15, 0.2) is 61.2 Å². The SMILES string of the molecule is [O-][I+3]([O-])([O-])[O-].[O-][I+3]([O-])([O-])[O-].c1cc[n+](CC[n+]2ccccc2)cc1. The lowest BCUT2D eigenvalue weighted by Gasteiger charge is -2.08. The summed E-state index contributed by atoms with van der Waals surface area (Å²) in [6.07, 6.45) is 8.35. The van der Waals surface area contributed by atoms with Gasteiger partial charge in [-0.25, -0.2) is 0 Å². The summed E-state index contributed by atoms with van der Waals surface area (Å²) in [5, 5.41) is 0. The normalized spacial score (nSPS) is 10.8. The maximum atomic E-state index is 8.62. The zero-order valence-corrected chi connectivity index (χ0v) is 16.4. The largest absolute Gasteiger partial charge is 0.286 e. The summed E-state index contributed by atoms with van der Waals surface area (Å²) in [7, 11) is 0. The molecule has 0 radical (unpaired) electrons. The fourth-order valence-electron chi connectivity index (χ4n) is 1.40. The minimum absolute atomic E-state index is 1.01. The number of aromatic nitrogens is 2. The predicted molar refractivity (Wildman–Crippen MR) is 53.3 cm³/mol. The number of pyridine rings is 2. The second-order valence-corrected chi connectivity index (χ2v) is 8.30. The third-order valence-corrected chi connectivity index (χ3v) is 2.17. The summed E-state index contributed by atoms with van der Waals surface area (Å²) in [6.45, 7) is 2.02. The average molecular weight is 568 g/mol. The van der Waals surface area contributed by atoms with E-state index in [0.717, 1.165) is 13.1 Å². The molecule has 0 aliphatic heterocycles. The van der Waals surface area contributed by atoms with E-state index >= 15 is 0 Å². The quantitative estimate of drug-likeness (QED) is 0.257. The lowest BCUT2D eigenvalue weighted by molar-refractivity contribution is -2.00. The lowest BCUT2D eigenvalue weighted by Crippen LogP contribution is -4.29. The van der Waals surface area contributed by atoms with Gasteiger partial charge in [0.25, 0.3) is 0 Å². The number of hydrogen-bond donors (Lipinski definition) is 0. The van der Waals surface area contributed by atoms with Crippen LogP contribution in [-0.4, -0.2) is 0 Å².